The van der Waals surface area contributed by atoms with E-state index in [1.165, 1.54) is 5.56 Å². The van der Waals surface area contributed by atoms with E-state index in [1.807, 2.05) is 17.1 Å². The number of aromatic carboxylic acids is 1. The molecule has 1 aliphatic rings. The summed E-state index contributed by atoms with van der Waals surface area (Å²) in [6.45, 7) is 0. The number of benzene rings is 1. The highest BCUT2D eigenvalue weighted by molar-refractivity contribution is 5.86. The van der Waals surface area contributed by atoms with Crippen LogP contribution < -0.4 is 11.2 Å². The summed E-state index contributed by atoms with van der Waals surface area (Å²) in [7, 11) is 0. The van der Waals surface area contributed by atoms with Crippen LogP contribution in [0.3, 0.4) is 0 Å². The maximum atomic E-state index is 11.8. The van der Waals surface area contributed by atoms with Crippen molar-refractivity contribution in [3.63, 3.8) is 0 Å². The predicted molar refractivity (Wildman–Crippen MR) is 71.6 cm³/mol. The Morgan fingerprint density at radius 2 is 1.95 bits per heavy atom. The van der Waals surface area contributed by atoms with Gasteiger partial charge in [-0.1, -0.05) is 6.07 Å². The van der Waals surface area contributed by atoms with E-state index in [0.717, 1.165) is 35.6 Å². The number of rotatable bonds is 2. The van der Waals surface area contributed by atoms with E-state index in [-0.39, 0.29) is 0 Å². The average molecular weight is 272 g/mol. The second-order valence-electron chi connectivity index (χ2n) is 4.78. The van der Waals surface area contributed by atoms with Crippen LogP contribution in [-0.4, -0.2) is 20.6 Å². The number of fused-ring (bicyclic) bond motifs is 1. The molecule has 0 radical (unpaired) electrons. The van der Waals surface area contributed by atoms with Crippen molar-refractivity contribution in [2.75, 3.05) is 0 Å². The Balaban J connectivity index is 2.19. The van der Waals surface area contributed by atoms with Crippen molar-refractivity contribution in [3.8, 4) is 5.69 Å². The van der Waals surface area contributed by atoms with Crippen molar-refractivity contribution < 1.29 is 9.90 Å². The van der Waals surface area contributed by atoms with Gasteiger partial charge in [-0.25, -0.2) is 9.59 Å². The quantitative estimate of drug-likeness (QED) is 0.842. The van der Waals surface area contributed by atoms with Crippen LogP contribution in [-0.2, 0) is 12.8 Å². The first-order valence-corrected chi connectivity index (χ1v) is 6.28. The summed E-state index contributed by atoms with van der Waals surface area (Å²) in [5.74, 6) is -1.36. The molecule has 20 heavy (non-hydrogen) atoms. The molecule has 0 amide bonds. The Labute approximate surface area is 113 Å². The molecule has 2 aromatic rings. The summed E-state index contributed by atoms with van der Waals surface area (Å²) in [4.78, 5) is 36.2. The molecule has 0 atom stereocenters. The Hall–Kier alpha value is -2.63. The smallest absolute Gasteiger partial charge is 0.342 e. The highest BCUT2D eigenvalue weighted by Crippen LogP contribution is 2.23. The summed E-state index contributed by atoms with van der Waals surface area (Å²) in [6.07, 6.45) is 4.13. The molecule has 6 nitrogen and oxygen atoms in total. The molecule has 0 bridgehead atoms. The van der Waals surface area contributed by atoms with Crippen molar-refractivity contribution in [3.05, 3.63) is 61.9 Å². The fraction of sp³-hybridized carbons (Fsp3) is 0.214. The summed E-state index contributed by atoms with van der Waals surface area (Å²) in [6, 6.07) is 5.57. The zero-order chi connectivity index (χ0) is 14.3. The molecule has 0 unspecified atom stereocenters. The van der Waals surface area contributed by atoms with Crippen molar-refractivity contribution >= 4 is 5.97 Å². The van der Waals surface area contributed by atoms with E-state index in [0.29, 0.717) is 5.69 Å². The topological polar surface area (TPSA) is 92.2 Å². The molecular formula is C14H12N2O4. The van der Waals surface area contributed by atoms with Crippen LogP contribution in [0, 0.1) is 0 Å². The lowest BCUT2D eigenvalue weighted by Crippen LogP contribution is -2.32. The van der Waals surface area contributed by atoms with Crippen molar-refractivity contribution in [2.24, 2.45) is 0 Å². The van der Waals surface area contributed by atoms with Gasteiger partial charge in [0.2, 0.25) is 0 Å². The molecule has 0 fully saturated rings. The van der Waals surface area contributed by atoms with Gasteiger partial charge in [-0.2, -0.15) is 0 Å². The van der Waals surface area contributed by atoms with Crippen molar-refractivity contribution in [2.45, 2.75) is 19.3 Å². The molecule has 3 rings (SSSR count). The Morgan fingerprint density at radius 3 is 2.70 bits per heavy atom. The normalized spacial score (nSPS) is 13.2. The average Bonchev–Trinajstić information content (AvgIpc) is 2.85. The van der Waals surface area contributed by atoms with E-state index in [2.05, 4.69) is 0 Å². The highest BCUT2D eigenvalue weighted by atomic mass is 16.4. The van der Waals surface area contributed by atoms with Gasteiger partial charge in [0, 0.05) is 6.20 Å². The van der Waals surface area contributed by atoms with E-state index in [4.69, 9.17) is 5.11 Å². The Morgan fingerprint density at radius 1 is 1.20 bits per heavy atom. The number of aromatic nitrogens is 2. The van der Waals surface area contributed by atoms with Gasteiger partial charge in [0.05, 0.1) is 5.69 Å². The van der Waals surface area contributed by atoms with E-state index < -0.39 is 22.8 Å². The van der Waals surface area contributed by atoms with Crippen LogP contribution >= 0.6 is 0 Å². The van der Waals surface area contributed by atoms with Crippen LogP contribution in [0.1, 0.15) is 27.9 Å². The largest absolute Gasteiger partial charge is 0.477 e. The number of hydrogen-bond acceptors (Lipinski definition) is 3. The second-order valence-corrected chi connectivity index (χ2v) is 4.78. The third-order valence-corrected chi connectivity index (χ3v) is 3.53. The third kappa shape index (κ3) is 1.95. The molecule has 6 heteroatoms. The summed E-state index contributed by atoms with van der Waals surface area (Å²) in [5.41, 5.74) is 1.000. The first-order valence-electron chi connectivity index (χ1n) is 6.28. The third-order valence-electron chi connectivity index (χ3n) is 3.53. The molecule has 1 aromatic heterocycles. The lowest BCUT2D eigenvalue weighted by atomic mass is 10.1. The number of aromatic amines is 1. The lowest BCUT2D eigenvalue weighted by molar-refractivity contribution is 0.0694. The minimum absolute atomic E-state index is 0.454. The molecule has 1 aliphatic carbocycles. The number of carboxylic acid groups (broad SMARTS) is 1. The number of nitrogens with zero attached hydrogens (tertiary/aromatic N) is 1. The predicted octanol–water partition coefficient (Wildman–Crippen LogP) is 0.713. The molecule has 0 aliphatic heterocycles. The van der Waals surface area contributed by atoms with Crippen LogP contribution in [0.2, 0.25) is 0 Å². The first kappa shape index (κ1) is 12.4. The minimum atomic E-state index is -1.36. The van der Waals surface area contributed by atoms with Crippen LogP contribution in [0.15, 0.2) is 34.0 Å². The molecule has 102 valence electrons. The van der Waals surface area contributed by atoms with Gasteiger partial charge in [-0.05, 0) is 42.5 Å². The summed E-state index contributed by atoms with van der Waals surface area (Å²) < 4.78 is 1.16. The second kappa shape index (κ2) is 4.48. The van der Waals surface area contributed by atoms with Gasteiger partial charge in [-0.15, -0.1) is 0 Å². The Bertz CT molecular complexity index is 817. The Kier molecular flexibility index (Phi) is 2.78. The van der Waals surface area contributed by atoms with Crippen LogP contribution in [0.4, 0.5) is 0 Å². The van der Waals surface area contributed by atoms with E-state index in [9.17, 15) is 14.4 Å². The van der Waals surface area contributed by atoms with E-state index >= 15 is 0 Å². The zero-order valence-electron chi connectivity index (χ0n) is 10.5. The molecule has 0 spiro atoms. The first-order chi connectivity index (χ1) is 9.56. The van der Waals surface area contributed by atoms with Crippen LogP contribution in [0.5, 0.6) is 0 Å². The summed E-state index contributed by atoms with van der Waals surface area (Å²) >= 11 is 0. The van der Waals surface area contributed by atoms with Gasteiger partial charge in [0.25, 0.3) is 5.56 Å². The maximum Gasteiger partial charge on any atom is 0.342 e. The highest BCUT2D eigenvalue weighted by Gasteiger charge is 2.15. The number of aryl methyl sites for hydroxylation is 2. The van der Waals surface area contributed by atoms with Crippen molar-refractivity contribution in [1.82, 2.24) is 9.55 Å². The number of nitrogens with one attached hydrogen (secondary N) is 1. The molecule has 2 N–H and O–H groups in total. The van der Waals surface area contributed by atoms with Crippen molar-refractivity contribution in [1.29, 1.82) is 0 Å². The van der Waals surface area contributed by atoms with Crippen LogP contribution in [0.25, 0.3) is 5.69 Å². The number of carbonyl (C=O) groups is 1. The maximum absolute atomic E-state index is 11.8. The number of H-pyrrole nitrogens is 1. The SMILES string of the molecule is O=C(O)c1cn(-c2ccc3c(c2)CCC3)c(=O)[nH]c1=O. The van der Waals surface area contributed by atoms with Gasteiger partial charge < -0.3 is 5.11 Å². The van der Waals surface area contributed by atoms with E-state index in [1.54, 1.807) is 6.07 Å². The minimum Gasteiger partial charge on any atom is -0.477 e. The number of carboxylic acids is 1. The zero-order valence-corrected chi connectivity index (χ0v) is 10.5. The standard InChI is InChI=1S/C14H12N2O4/c17-12-11(13(18)19)7-16(14(20)15-12)10-5-4-8-2-1-3-9(8)6-10/h4-7H,1-3H2,(H,18,19)(H,15,17,20). The fourth-order valence-electron chi connectivity index (χ4n) is 2.52. The molecule has 1 aromatic carbocycles. The molecular weight excluding hydrogens is 260 g/mol. The lowest BCUT2D eigenvalue weighted by Gasteiger charge is -2.08. The van der Waals surface area contributed by atoms with Gasteiger partial charge in [0.15, 0.2) is 0 Å². The number of hydrogen-bond donors (Lipinski definition) is 2. The fourth-order valence-corrected chi connectivity index (χ4v) is 2.52. The monoisotopic (exact) mass is 272 g/mol. The molecule has 0 saturated heterocycles. The van der Waals surface area contributed by atoms with Gasteiger partial charge in [0.1, 0.15) is 5.56 Å². The van der Waals surface area contributed by atoms with Gasteiger partial charge in [-0.3, -0.25) is 14.3 Å². The summed E-state index contributed by atoms with van der Waals surface area (Å²) in [5, 5.41) is 8.95. The molecule has 1 heterocycles. The van der Waals surface area contributed by atoms with Gasteiger partial charge >= 0.3 is 11.7 Å². The molecule has 0 saturated carbocycles.